The Hall–Kier alpha value is -2.83. The molecule has 0 heterocycles. The number of hydrogen-bond acceptors (Lipinski definition) is 3. The minimum atomic E-state index is -0.696. The van der Waals surface area contributed by atoms with Crippen molar-refractivity contribution in [3.8, 4) is 0 Å². The van der Waals surface area contributed by atoms with Gasteiger partial charge >= 0.3 is 0 Å². The first-order chi connectivity index (χ1) is 17.4. The van der Waals surface area contributed by atoms with Crippen LogP contribution in [0.4, 0.5) is 4.39 Å². The van der Waals surface area contributed by atoms with E-state index in [9.17, 15) is 14.0 Å². The lowest BCUT2D eigenvalue weighted by Gasteiger charge is -2.32. The summed E-state index contributed by atoms with van der Waals surface area (Å²) in [6.45, 7) is 4.22. The molecule has 3 aromatic carbocycles. The van der Waals surface area contributed by atoms with Crippen molar-refractivity contribution in [2.24, 2.45) is 0 Å². The summed E-state index contributed by atoms with van der Waals surface area (Å²) in [5.74, 6) is -0.147. The second-order valence-corrected chi connectivity index (χ2v) is 10.2. The third-order valence-corrected chi connectivity index (χ3v) is 7.20. The quantitative estimate of drug-likeness (QED) is 0.303. The molecule has 190 valence electrons. The van der Waals surface area contributed by atoms with Crippen LogP contribution in [-0.4, -0.2) is 34.6 Å². The molecule has 0 bridgehead atoms. The van der Waals surface area contributed by atoms with Gasteiger partial charge in [-0.25, -0.2) is 4.39 Å². The van der Waals surface area contributed by atoms with Crippen molar-refractivity contribution in [1.82, 2.24) is 10.2 Å². The zero-order valence-electron chi connectivity index (χ0n) is 20.6. The summed E-state index contributed by atoms with van der Waals surface area (Å²) < 4.78 is 14.1. The van der Waals surface area contributed by atoms with Crippen LogP contribution in [0.5, 0.6) is 0 Å². The summed E-state index contributed by atoms with van der Waals surface area (Å²) in [5.41, 5.74) is 2.39. The van der Waals surface area contributed by atoms with Crippen molar-refractivity contribution < 1.29 is 14.0 Å². The summed E-state index contributed by atoms with van der Waals surface area (Å²) >= 11 is 7.40. The van der Waals surface area contributed by atoms with Gasteiger partial charge in [0.2, 0.25) is 11.8 Å². The lowest BCUT2D eigenvalue weighted by atomic mass is 10.0. The van der Waals surface area contributed by atoms with E-state index >= 15 is 0 Å². The fourth-order valence-electron chi connectivity index (χ4n) is 3.73. The maximum atomic E-state index is 14.1. The standard InChI is InChI=1S/C29H32ClFN2O2S/c1-3-21(2)32-29(35)27(17-22-9-5-4-6-10-22)33(18-23-13-15-25(30)16-14-23)28(34)20-36-19-24-11-7-8-12-26(24)31/h4-16,21,27H,3,17-20H2,1-2H3,(H,32,35)/t21-,27-/m1/s1. The van der Waals surface area contributed by atoms with E-state index in [1.807, 2.05) is 56.3 Å². The monoisotopic (exact) mass is 526 g/mol. The molecule has 1 N–H and O–H groups in total. The number of carbonyl (C=O) groups is 2. The molecule has 0 aliphatic rings. The lowest BCUT2D eigenvalue weighted by molar-refractivity contribution is -0.139. The molecule has 0 aliphatic heterocycles. The number of amides is 2. The van der Waals surface area contributed by atoms with Crippen LogP contribution in [0.25, 0.3) is 0 Å². The predicted octanol–water partition coefficient (Wildman–Crippen LogP) is 6.27. The van der Waals surface area contributed by atoms with Gasteiger partial charge in [-0.3, -0.25) is 9.59 Å². The van der Waals surface area contributed by atoms with Gasteiger partial charge in [0.15, 0.2) is 0 Å². The van der Waals surface area contributed by atoms with Crippen LogP contribution >= 0.6 is 23.4 Å². The highest BCUT2D eigenvalue weighted by atomic mass is 35.5. The van der Waals surface area contributed by atoms with E-state index < -0.39 is 6.04 Å². The van der Waals surface area contributed by atoms with Crippen molar-refractivity contribution >= 4 is 35.2 Å². The number of nitrogens with zero attached hydrogens (tertiary/aromatic N) is 1. The molecular weight excluding hydrogens is 495 g/mol. The third-order valence-electron chi connectivity index (χ3n) is 5.98. The van der Waals surface area contributed by atoms with Crippen LogP contribution in [0.1, 0.15) is 37.0 Å². The molecule has 2 amide bonds. The van der Waals surface area contributed by atoms with Crippen LogP contribution in [0.15, 0.2) is 78.9 Å². The molecule has 0 saturated carbocycles. The number of halogens is 2. The lowest BCUT2D eigenvalue weighted by Crippen LogP contribution is -2.52. The summed E-state index contributed by atoms with van der Waals surface area (Å²) in [6, 6.07) is 22.8. The van der Waals surface area contributed by atoms with Gasteiger partial charge in [-0.05, 0) is 48.2 Å². The molecule has 0 spiro atoms. The Morgan fingerprint density at radius 1 is 0.972 bits per heavy atom. The highest BCUT2D eigenvalue weighted by Crippen LogP contribution is 2.20. The number of rotatable bonds is 12. The number of hydrogen-bond donors (Lipinski definition) is 1. The van der Waals surface area contributed by atoms with E-state index in [0.29, 0.717) is 22.8 Å². The molecule has 7 heteroatoms. The first kappa shape index (κ1) is 27.8. The van der Waals surface area contributed by atoms with E-state index in [-0.39, 0.29) is 36.0 Å². The summed E-state index contributed by atoms with van der Waals surface area (Å²) in [7, 11) is 0. The van der Waals surface area contributed by atoms with Crippen molar-refractivity contribution in [2.45, 2.75) is 51.1 Å². The van der Waals surface area contributed by atoms with Gasteiger partial charge in [0, 0.05) is 29.8 Å². The maximum absolute atomic E-state index is 14.1. The molecule has 0 unspecified atom stereocenters. The highest BCUT2D eigenvalue weighted by Gasteiger charge is 2.30. The van der Waals surface area contributed by atoms with Gasteiger partial charge in [-0.15, -0.1) is 11.8 Å². The van der Waals surface area contributed by atoms with Gasteiger partial charge < -0.3 is 10.2 Å². The van der Waals surface area contributed by atoms with Crippen LogP contribution in [0.2, 0.25) is 5.02 Å². The first-order valence-electron chi connectivity index (χ1n) is 12.1. The van der Waals surface area contributed by atoms with Crippen molar-refractivity contribution in [2.75, 3.05) is 5.75 Å². The molecule has 0 saturated heterocycles. The minimum absolute atomic E-state index is 0.0151. The molecule has 36 heavy (non-hydrogen) atoms. The smallest absolute Gasteiger partial charge is 0.243 e. The average Bonchev–Trinajstić information content (AvgIpc) is 2.88. The van der Waals surface area contributed by atoms with Crippen molar-refractivity contribution in [3.05, 3.63) is 106 Å². The molecule has 3 aromatic rings. The fraction of sp³-hybridized carbons (Fsp3) is 0.310. The van der Waals surface area contributed by atoms with E-state index in [1.165, 1.54) is 17.8 Å². The van der Waals surface area contributed by atoms with E-state index in [1.54, 1.807) is 35.2 Å². The van der Waals surface area contributed by atoms with Gasteiger partial charge in [0.05, 0.1) is 5.75 Å². The Morgan fingerprint density at radius 3 is 2.31 bits per heavy atom. The molecule has 4 nitrogen and oxygen atoms in total. The summed E-state index contributed by atoms with van der Waals surface area (Å²) in [6.07, 6.45) is 1.17. The molecule has 3 rings (SSSR count). The molecule has 0 aromatic heterocycles. The summed E-state index contributed by atoms with van der Waals surface area (Å²) in [4.78, 5) is 28.7. The Kier molecular flexibility index (Phi) is 10.8. The van der Waals surface area contributed by atoms with Crippen LogP contribution < -0.4 is 5.32 Å². The average molecular weight is 527 g/mol. The largest absolute Gasteiger partial charge is 0.352 e. The Morgan fingerprint density at radius 2 is 1.64 bits per heavy atom. The number of carbonyl (C=O) groups excluding carboxylic acids is 2. The predicted molar refractivity (Wildman–Crippen MR) is 146 cm³/mol. The maximum Gasteiger partial charge on any atom is 0.243 e. The Labute approximate surface area is 222 Å². The normalized spacial score (nSPS) is 12.6. The van der Waals surface area contributed by atoms with Crippen molar-refractivity contribution in [3.63, 3.8) is 0 Å². The number of benzene rings is 3. The Balaban J connectivity index is 1.85. The van der Waals surface area contributed by atoms with Gasteiger partial charge in [-0.1, -0.05) is 79.2 Å². The third kappa shape index (κ3) is 8.38. The zero-order valence-corrected chi connectivity index (χ0v) is 22.2. The molecule has 0 radical (unpaired) electrons. The molecule has 2 atom stereocenters. The second-order valence-electron chi connectivity index (χ2n) is 8.76. The van der Waals surface area contributed by atoms with Crippen LogP contribution in [0, 0.1) is 5.82 Å². The van der Waals surface area contributed by atoms with Gasteiger partial charge in [0.25, 0.3) is 0 Å². The van der Waals surface area contributed by atoms with Crippen LogP contribution in [0.3, 0.4) is 0 Å². The first-order valence-corrected chi connectivity index (χ1v) is 13.6. The minimum Gasteiger partial charge on any atom is -0.352 e. The highest BCUT2D eigenvalue weighted by molar-refractivity contribution is 7.99. The number of thioether (sulfide) groups is 1. The molecular formula is C29H32ClFN2O2S. The Bertz CT molecular complexity index is 1130. The van der Waals surface area contributed by atoms with E-state index in [2.05, 4.69) is 5.32 Å². The summed E-state index contributed by atoms with van der Waals surface area (Å²) in [5, 5.41) is 3.66. The SMILES string of the molecule is CC[C@@H](C)NC(=O)[C@@H](Cc1ccccc1)N(Cc1ccc(Cl)cc1)C(=O)CSCc1ccccc1F. The van der Waals surface area contributed by atoms with Crippen molar-refractivity contribution in [1.29, 1.82) is 0 Å². The fourth-order valence-corrected chi connectivity index (χ4v) is 4.75. The molecule has 0 aliphatic carbocycles. The van der Waals surface area contributed by atoms with Gasteiger partial charge in [0.1, 0.15) is 11.9 Å². The molecule has 0 fully saturated rings. The van der Waals surface area contributed by atoms with E-state index in [0.717, 1.165) is 17.5 Å². The topological polar surface area (TPSA) is 49.4 Å². The zero-order chi connectivity index (χ0) is 25.9. The van der Waals surface area contributed by atoms with Crippen LogP contribution in [-0.2, 0) is 28.3 Å². The second kappa shape index (κ2) is 14.0. The number of nitrogens with one attached hydrogen (secondary N) is 1. The van der Waals surface area contributed by atoms with Gasteiger partial charge in [-0.2, -0.15) is 0 Å². The van der Waals surface area contributed by atoms with E-state index in [4.69, 9.17) is 11.6 Å².